The van der Waals surface area contributed by atoms with E-state index in [4.69, 9.17) is 28.9 Å². The monoisotopic (exact) mass is 320 g/mol. The average Bonchev–Trinajstić information content (AvgIpc) is 2.84. The highest BCUT2D eigenvalue weighted by atomic mass is 35.5. The van der Waals surface area contributed by atoms with Crippen molar-refractivity contribution >= 4 is 34.2 Å². The Morgan fingerprint density at radius 2 is 1.81 bits per heavy atom. The smallest absolute Gasteiger partial charge is 0.141 e. The SMILES string of the molecule is NCCCn1c(-c2ccncc2)nc2cc(Cl)c(Cl)cc21. The minimum atomic E-state index is 0.508. The molecule has 0 aliphatic carbocycles. The summed E-state index contributed by atoms with van der Waals surface area (Å²) in [6, 6.07) is 7.52. The van der Waals surface area contributed by atoms with E-state index in [9.17, 15) is 0 Å². The zero-order valence-electron chi connectivity index (χ0n) is 11.3. The largest absolute Gasteiger partial charge is 0.330 e. The Labute approximate surface area is 132 Å². The van der Waals surface area contributed by atoms with Crippen LogP contribution in [0.4, 0.5) is 0 Å². The van der Waals surface area contributed by atoms with Crippen molar-refractivity contribution in [2.45, 2.75) is 13.0 Å². The number of hydrogen-bond acceptors (Lipinski definition) is 3. The molecular formula is C15H14Cl2N4. The molecule has 1 aromatic carbocycles. The lowest BCUT2D eigenvalue weighted by molar-refractivity contribution is 0.671. The molecule has 2 heterocycles. The predicted molar refractivity (Wildman–Crippen MR) is 86.7 cm³/mol. The first-order chi connectivity index (χ1) is 10.2. The van der Waals surface area contributed by atoms with E-state index >= 15 is 0 Å². The lowest BCUT2D eigenvalue weighted by atomic mass is 10.2. The number of nitrogens with two attached hydrogens (primary N) is 1. The standard InChI is InChI=1S/C15H14Cl2N4/c16-11-8-13-14(9-12(11)17)21(7-1-4-18)15(20-13)10-2-5-19-6-3-10/h2-3,5-6,8-9H,1,4,7,18H2. The Balaban J connectivity index is 2.22. The molecule has 2 aromatic heterocycles. The maximum absolute atomic E-state index is 6.14. The Bertz CT molecular complexity index is 768. The Hall–Kier alpha value is -1.62. The van der Waals surface area contributed by atoms with Crippen molar-refractivity contribution in [3.63, 3.8) is 0 Å². The molecule has 0 bridgehead atoms. The molecule has 0 amide bonds. The first-order valence-electron chi connectivity index (χ1n) is 6.66. The van der Waals surface area contributed by atoms with Crippen LogP contribution in [-0.2, 0) is 6.54 Å². The summed E-state index contributed by atoms with van der Waals surface area (Å²) in [4.78, 5) is 8.73. The highest BCUT2D eigenvalue weighted by Crippen LogP contribution is 2.31. The Morgan fingerprint density at radius 1 is 1.10 bits per heavy atom. The van der Waals surface area contributed by atoms with E-state index in [0.717, 1.165) is 35.4 Å². The highest BCUT2D eigenvalue weighted by Gasteiger charge is 2.14. The van der Waals surface area contributed by atoms with Crippen LogP contribution >= 0.6 is 23.2 Å². The van der Waals surface area contributed by atoms with E-state index in [2.05, 4.69) is 14.5 Å². The molecule has 0 saturated carbocycles. The van der Waals surface area contributed by atoms with Crippen molar-refractivity contribution in [2.75, 3.05) is 6.54 Å². The number of halogens is 2. The highest BCUT2D eigenvalue weighted by molar-refractivity contribution is 6.42. The number of pyridine rings is 1. The van der Waals surface area contributed by atoms with Gasteiger partial charge in [-0.25, -0.2) is 4.98 Å². The van der Waals surface area contributed by atoms with Gasteiger partial charge in [0.1, 0.15) is 5.82 Å². The van der Waals surface area contributed by atoms with Gasteiger partial charge in [0.2, 0.25) is 0 Å². The quantitative estimate of drug-likeness (QED) is 0.796. The molecule has 0 radical (unpaired) electrons. The van der Waals surface area contributed by atoms with E-state index in [0.29, 0.717) is 16.6 Å². The number of rotatable bonds is 4. The van der Waals surface area contributed by atoms with Crippen LogP contribution in [-0.4, -0.2) is 21.1 Å². The van der Waals surface area contributed by atoms with E-state index < -0.39 is 0 Å². The fraction of sp³-hybridized carbons (Fsp3) is 0.200. The van der Waals surface area contributed by atoms with Crippen LogP contribution in [0.15, 0.2) is 36.7 Å². The summed E-state index contributed by atoms with van der Waals surface area (Å²) in [5, 5.41) is 1.04. The van der Waals surface area contributed by atoms with Crippen molar-refractivity contribution in [1.82, 2.24) is 14.5 Å². The van der Waals surface area contributed by atoms with Gasteiger partial charge >= 0.3 is 0 Å². The number of benzene rings is 1. The van der Waals surface area contributed by atoms with Crippen LogP contribution in [0.5, 0.6) is 0 Å². The van der Waals surface area contributed by atoms with Crippen LogP contribution in [0, 0.1) is 0 Å². The number of nitrogens with zero attached hydrogens (tertiary/aromatic N) is 3. The third-order valence-corrected chi connectivity index (χ3v) is 4.04. The summed E-state index contributed by atoms with van der Waals surface area (Å²) in [7, 11) is 0. The fourth-order valence-corrected chi connectivity index (χ4v) is 2.63. The first kappa shape index (κ1) is 14.3. The number of hydrogen-bond donors (Lipinski definition) is 1. The predicted octanol–water partition coefficient (Wildman–Crippen LogP) is 3.75. The van der Waals surface area contributed by atoms with Crippen molar-refractivity contribution in [1.29, 1.82) is 0 Å². The second kappa shape index (κ2) is 6.02. The van der Waals surface area contributed by atoms with Crippen LogP contribution in [0.25, 0.3) is 22.4 Å². The zero-order chi connectivity index (χ0) is 14.8. The normalized spacial score (nSPS) is 11.2. The first-order valence-corrected chi connectivity index (χ1v) is 7.42. The summed E-state index contributed by atoms with van der Waals surface area (Å²) >= 11 is 12.2. The zero-order valence-corrected chi connectivity index (χ0v) is 12.8. The number of aryl methyl sites for hydroxylation is 1. The van der Waals surface area contributed by atoms with Gasteiger partial charge in [0.25, 0.3) is 0 Å². The molecule has 0 saturated heterocycles. The van der Waals surface area contributed by atoms with Gasteiger partial charge in [-0.1, -0.05) is 23.2 Å². The van der Waals surface area contributed by atoms with Gasteiger partial charge in [0, 0.05) is 24.5 Å². The van der Waals surface area contributed by atoms with E-state index in [-0.39, 0.29) is 0 Å². The van der Waals surface area contributed by atoms with Gasteiger partial charge in [-0.3, -0.25) is 4.98 Å². The average molecular weight is 321 g/mol. The van der Waals surface area contributed by atoms with Crippen LogP contribution in [0.2, 0.25) is 10.0 Å². The number of imidazole rings is 1. The molecule has 0 aliphatic heterocycles. The third kappa shape index (κ3) is 2.75. The molecular weight excluding hydrogens is 307 g/mol. The van der Waals surface area contributed by atoms with Crippen LogP contribution in [0.3, 0.4) is 0 Å². The van der Waals surface area contributed by atoms with Gasteiger partial charge in [0.05, 0.1) is 21.1 Å². The third-order valence-electron chi connectivity index (χ3n) is 3.31. The lowest BCUT2D eigenvalue weighted by Gasteiger charge is -2.08. The Kier molecular flexibility index (Phi) is 4.10. The Morgan fingerprint density at radius 3 is 2.52 bits per heavy atom. The second-order valence-corrected chi connectivity index (χ2v) is 5.53. The summed E-state index contributed by atoms with van der Waals surface area (Å²) in [5.41, 5.74) is 8.44. The molecule has 3 aromatic rings. The maximum atomic E-state index is 6.14. The molecule has 4 nitrogen and oxygen atoms in total. The van der Waals surface area contributed by atoms with Crippen LogP contribution in [0.1, 0.15) is 6.42 Å². The van der Waals surface area contributed by atoms with Crippen LogP contribution < -0.4 is 5.73 Å². The van der Waals surface area contributed by atoms with Crippen molar-refractivity contribution in [3.05, 3.63) is 46.7 Å². The second-order valence-electron chi connectivity index (χ2n) is 4.72. The van der Waals surface area contributed by atoms with E-state index in [1.54, 1.807) is 18.5 Å². The summed E-state index contributed by atoms with van der Waals surface area (Å²) < 4.78 is 2.12. The molecule has 108 valence electrons. The van der Waals surface area contributed by atoms with Crippen molar-refractivity contribution < 1.29 is 0 Å². The summed E-state index contributed by atoms with van der Waals surface area (Å²) in [6.07, 6.45) is 4.37. The topological polar surface area (TPSA) is 56.7 Å². The molecule has 2 N–H and O–H groups in total. The molecule has 6 heteroatoms. The summed E-state index contributed by atoms with van der Waals surface area (Å²) in [6.45, 7) is 1.40. The van der Waals surface area contributed by atoms with Gasteiger partial charge < -0.3 is 10.3 Å². The maximum Gasteiger partial charge on any atom is 0.141 e. The molecule has 0 unspecified atom stereocenters. The molecule has 3 rings (SSSR count). The molecule has 0 aliphatic rings. The van der Waals surface area contributed by atoms with Gasteiger partial charge in [-0.05, 0) is 37.2 Å². The number of fused-ring (bicyclic) bond motifs is 1. The minimum absolute atomic E-state index is 0.508. The molecule has 0 atom stereocenters. The van der Waals surface area contributed by atoms with Crippen molar-refractivity contribution in [2.24, 2.45) is 5.73 Å². The summed E-state index contributed by atoms with van der Waals surface area (Å²) in [5.74, 6) is 0.874. The van der Waals surface area contributed by atoms with Crippen molar-refractivity contribution in [3.8, 4) is 11.4 Å². The van der Waals surface area contributed by atoms with E-state index in [1.807, 2.05) is 18.2 Å². The molecule has 21 heavy (non-hydrogen) atoms. The minimum Gasteiger partial charge on any atom is -0.330 e. The molecule has 0 fully saturated rings. The number of aromatic nitrogens is 3. The fourth-order valence-electron chi connectivity index (χ4n) is 2.32. The van der Waals surface area contributed by atoms with Gasteiger partial charge in [-0.2, -0.15) is 0 Å². The lowest BCUT2D eigenvalue weighted by Crippen LogP contribution is -2.07. The van der Waals surface area contributed by atoms with E-state index in [1.165, 1.54) is 0 Å². The molecule has 0 spiro atoms. The van der Waals surface area contributed by atoms with Gasteiger partial charge in [-0.15, -0.1) is 0 Å². The van der Waals surface area contributed by atoms with Gasteiger partial charge in [0.15, 0.2) is 0 Å².